The minimum atomic E-state index is -4.13. The van der Waals surface area contributed by atoms with E-state index in [9.17, 15) is 31.5 Å². The number of carboxylic acids is 2. The quantitative estimate of drug-likeness (QED) is 0.189. The van der Waals surface area contributed by atoms with Crippen LogP contribution in [0.25, 0.3) is 10.4 Å². The van der Waals surface area contributed by atoms with Crippen LogP contribution in [-0.4, -0.2) is 69.9 Å². The lowest BCUT2D eigenvalue weighted by molar-refractivity contribution is -0.139. The van der Waals surface area contributed by atoms with Crippen LogP contribution in [0.1, 0.15) is 28.1 Å². The monoisotopic (exact) mass is 691 g/mol. The van der Waals surface area contributed by atoms with Crippen molar-refractivity contribution in [3.8, 4) is 16.2 Å². The summed E-state index contributed by atoms with van der Waals surface area (Å²) in [7, 11) is -8.03. The average molecular weight is 693 g/mol. The molecule has 43 heavy (non-hydrogen) atoms. The lowest BCUT2D eigenvalue weighted by Gasteiger charge is -2.35. The van der Waals surface area contributed by atoms with Gasteiger partial charge in [-0.1, -0.05) is 41.9 Å². The summed E-state index contributed by atoms with van der Waals surface area (Å²) in [5.41, 5.74) is 0.993. The van der Waals surface area contributed by atoms with Gasteiger partial charge >= 0.3 is 11.9 Å². The Bertz CT molecular complexity index is 1720. The van der Waals surface area contributed by atoms with E-state index < -0.39 is 55.6 Å². The second kappa shape index (κ2) is 13.7. The predicted octanol–water partition coefficient (Wildman–Crippen LogP) is 4.26. The lowest BCUT2D eigenvalue weighted by Crippen LogP contribution is -2.46. The molecule has 1 aliphatic heterocycles. The van der Waals surface area contributed by atoms with E-state index in [4.69, 9.17) is 33.0 Å². The molecule has 1 aliphatic rings. The molecule has 12 nitrogen and oxygen atoms in total. The number of ether oxygens (including phenoxy) is 1. The highest BCUT2D eigenvalue weighted by atomic mass is 35.5. The third kappa shape index (κ3) is 7.91. The summed E-state index contributed by atoms with van der Waals surface area (Å²) in [5.74, 6) is -3.50. The van der Waals surface area contributed by atoms with Crippen molar-refractivity contribution < 1.29 is 41.4 Å². The lowest BCUT2D eigenvalue weighted by atomic mass is 10.1. The van der Waals surface area contributed by atoms with Crippen molar-refractivity contribution in [1.29, 1.82) is 0 Å². The molecule has 0 amide bonds. The fourth-order valence-corrected chi connectivity index (χ4v) is 8.65. The summed E-state index contributed by atoms with van der Waals surface area (Å²) in [5, 5.41) is 21.0. The molecule has 0 aliphatic carbocycles. The Hall–Kier alpha value is -3.08. The van der Waals surface area contributed by atoms with Gasteiger partial charge in [0.15, 0.2) is 17.2 Å². The number of thiophene rings is 1. The highest BCUT2D eigenvalue weighted by Crippen LogP contribution is 2.46. The van der Waals surface area contributed by atoms with Crippen molar-refractivity contribution in [2.75, 3.05) is 33.9 Å². The van der Waals surface area contributed by atoms with Crippen molar-refractivity contribution in [3.63, 3.8) is 0 Å². The molecule has 0 bridgehead atoms. The van der Waals surface area contributed by atoms with Gasteiger partial charge in [0, 0.05) is 6.04 Å². The van der Waals surface area contributed by atoms with Gasteiger partial charge in [0.2, 0.25) is 20.0 Å². The molecule has 17 heteroatoms. The number of carbonyl (C=O) groups is 2. The number of rotatable bonds is 13. The minimum Gasteiger partial charge on any atom is -0.479 e. The van der Waals surface area contributed by atoms with Crippen LogP contribution in [0.3, 0.4) is 0 Å². The highest BCUT2D eigenvalue weighted by Gasteiger charge is 2.33. The number of piperidine rings is 1. The first kappa shape index (κ1) is 32.8. The number of nitrogens with zero attached hydrogens (tertiary/aromatic N) is 1. The Kier molecular flexibility index (Phi) is 10.5. The van der Waals surface area contributed by atoms with Gasteiger partial charge in [-0.25, -0.2) is 26.4 Å². The van der Waals surface area contributed by atoms with E-state index in [1.165, 1.54) is 16.4 Å². The maximum absolute atomic E-state index is 14.1. The van der Waals surface area contributed by atoms with Crippen molar-refractivity contribution in [2.45, 2.75) is 24.6 Å². The molecule has 1 saturated heterocycles. The minimum absolute atomic E-state index is 0.0891. The number of anilines is 2. The first-order valence-electron chi connectivity index (χ1n) is 12.7. The van der Waals surface area contributed by atoms with Gasteiger partial charge in [0.1, 0.15) is 10.2 Å². The molecule has 2 heterocycles. The second-order valence-corrected chi connectivity index (χ2v) is 15.0. The Labute approximate surface area is 262 Å². The van der Waals surface area contributed by atoms with Gasteiger partial charge in [-0.05, 0) is 55.3 Å². The summed E-state index contributed by atoms with van der Waals surface area (Å²) < 4.78 is 61.3. The summed E-state index contributed by atoms with van der Waals surface area (Å²) in [6.45, 7) is 0.345. The smallest absolute Gasteiger partial charge is 0.349 e. The van der Waals surface area contributed by atoms with Crippen LogP contribution in [0.4, 0.5) is 11.4 Å². The number of nitrogens with one attached hydrogen (secondary N) is 2. The molecule has 1 aromatic heterocycles. The van der Waals surface area contributed by atoms with Crippen molar-refractivity contribution in [1.82, 2.24) is 5.32 Å². The van der Waals surface area contributed by atoms with Crippen LogP contribution < -0.4 is 19.1 Å². The van der Waals surface area contributed by atoms with Crippen molar-refractivity contribution in [2.24, 2.45) is 0 Å². The third-order valence-electron chi connectivity index (χ3n) is 6.41. The average Bonchev–Trinajstić information content (AvgIpc) is 3.29. The largest absolute Gasteiger partial charge is 0.479 e. The van der Waals surface area contributed by atoms with Gasteiger partial charge in [0.05, 0.1) is 22.0 Å². The molecule has 3 aromatic rings. The van der Waals surface area contributed by atoms with Crippen LogP contribution in [0.15, 0.2) is 48.5 Å². The zero-order valence-electron chi connectivity index (χ0n) is 22.3. The number of aliphatic carboxylic acids is 1. The fourth-order valence-electron chi connectivity index (χ4n) is 4.62. The van der Waals surface area contributed by atoms with Crippen molar-refractivity contribution in [3.05, 3.63) is 64.0 Å². The number of sulfonamides is 2. The van der Waals surface area contributed by atoms with E-state index in [-0.39, 0.29) is 37.5 Å². The van der Waals surface area contributed by atoms with Crippen LogP contribution in [0.5, 0.6) is 5.75 Å². The first-order valence-corrected chi connectivity index (χ1v) is 17.7. The van der Waals surface area contributed by atoms with Gasteiger partial charge in [0.25, 0.3) is 0 Å². The summed E-state index contributed by atoms with van der Waals surface area (Å²) in [6, 6.07) is 12.1. The predicted molar refractivity (Wildman–Crippen MR) is 166 cm³/mol. The highest BCUT2D eigenvalue weighted by molar-refractivity contribution is 7.93. The van der Waals surface area contributed by atoms with E-state index in [0.717, 1.165) is 11.3 Å². The van der Waals surface area contributed by atoms with Crippen LogP contribution in [0, 0.1) is 0 Å². The number of hydrogen-bond acceptors (Lipinski definition) is 9. The number of benzene rings is 2. The number of halogens is 2. The normalized spacial score (nSPS) is 14.3. The molecule has 0 saturated carbocycles. The maximum Gasteiger partial charge on any atom is 0.349 e. The maximum atomic E-state index is 14.1. The Morgan fingerprint density at radius 3 is 2.42 bits per heavy atom. The van der Waals surface area contributed by atoms with E-state index in [1.807, 2.05) is 0 Å². The Morgan fingerprint density at radius 1 is 1.07 bits per heavy atom. The summed E-state index contributed by atoms with van der Waals surface area (Å²) in [4.78, 5) is 22.8. The molecule has 232 valence electrons. The zero-order valence-corrected chi connectivity index (χ0v) is 26.3. The van der Waals surface area contributed by atoms with E-state index in [0.29, 0.717) is 31.5 Å². The van der Waals surface area contributed by atoms with Gasteiger partial charge in [-0.3, -0.25) is 9.03 Å². The van der Waals surface area contributed by atoms with Gasteiger partial charge < -0.3 is 20.3 Å². The Morgan fingerprint density at radius 2 is 1.77 bits per heavy atom. The number of carboxylic acid groups (broad SMARTS) is 2. The SMILES string of the molecule is O=C(O)COc1c(C(=O)O)sc(-c2cccc(N(C3CCNCC3)S(=O)(=O)Cc3ccccc3NS(=O)(=O)CCl)c2)c1Cl. The van der Waals surface area contributed by atoms with Crippen LogP contribution in [-0.2, 0) is 30.6 Å². The van der Waals surface area contributed by atoms with Crippen molar-refractivity contribution >= 4 is 77.9 Å². The summed E-state index contributed by atoms with van der Waals surface area (Å²) in [6.07, 6.45) is 1.00. The van der Waals surface area contributed by atoms with Crippen LogP contribution >= 0.6 is 34.5 Å². The number of alkyl halides is 1. The molecule has 0 radical (unpaired) electrons. The summed E-state index contributed by atoms with van der Waals surface area (Å²) >= 11 is 12.8. The topological polar surface area (TPSA) is 179 Å². The standard InChI is InChI=1S/C26H27Cl2N3O9S3/c27-15-42(36,37)30-20-7-2-1-4-17(20)14-43(38,39)31(18-8-10-29-11-9-18)19-6-3-5-16(12-19)24-22(28)23(40-13-21(32)33)25(41-24)26(34)35/h1-7,12,18,29-30H,8-11,13-15H2,(H,32,33)(H,34,35). The van der Waals surface area contributed by atoms with Crippen LogP contribution in [0.2, 0.25) is 5.02 Å². The van der Waals surface area contributed by atoms with Gasteiger partial charge in [-0.2, -0.15) is 0 Å². The molecule has 2 aromatic carbocycles. The Balaban J connectivity index is 1.77. The second-order valence-electron chi connectivity index (χ2n) is 9.46. The fraction of sp³-hybridized carbons (Fsp3) is 0.308. The number of aromatic carboxylic acids is 1. The van der Waals surface area contributed by atoms with E-state index in [1.54, 1.807) is 36.4 Å². The molecular formula is C26H27Cl2N3O9S3. The molecule has 0 spiro atoms. The first-order chi connectivity index (χ1) is 20.3. The van der Waals surface area contributed by atoms with E-state index in [2.05, 4.69) is 10.0 Å². The number of hydrogen-bond donors (Lipinski definition) is 4. The van der Waals surface area contributed by atoms with Gasteiger partial charge in [-0.15, -0.1) is 22.9 Å². The number of para-hydroxylation sites is 1. The molecule has 1 fully saturated rings. The molecule has 0 atom stereocenters. The van der Waals surface area contributed by atoms with E-state index >= 15 is 0 Å². The molecular weight excluding hydrogens is 665 g/mol. The molecule has 0 unspecified atom stereocenters. The molecule has 4 N–H and O–H groups in total. The third-order valence-corrected chi connectivity index (χ3v) is 11.6. The molecule has 4 rings (SSSR count). The zero-order chi connectivity index (χ0) is 31.4.